The highest BCUT2D eigenvalue weighted by Crippen LogP contribution is 2.29. The molecule has 0 aliphatic heterocycles. The Kier molecular flexibility index (Phi) is 4.22. The lowest BCUT2D eigenvalue weighted by molar-refractivity contribution is 0.835. The van der Waals surface area contributed by atoms with Gasteiger partial charge in [0.15, 0.2) is 0 Å². The number of fused-ring (bicyclic) bond motifs is 1. The zero-order valence-electron chi connectivity index (χ0n) is 14.2. The van der Waals surface area contributed by atoms with E-state index in [0.29, 0.717) is 15.7 Å². The number of benzene rings is 2. The number of nitrogens with one attached hydrogen (secondary N) is 1. The Morgan fingerprint density at radius 2 is 1.96 bits per heavy atom. The summed E-state index contributed by atoms with van der Waals surface area (Å²) in [5.41, 5.74) is 3.90. The summed E-state index contributed by atoms with van der Waals surface area (Å²) in [5.74, 6) is 0. The van der Waals surface area contributed by atoms with Crippen LogP contribution in [-0.4, -0.2) is 21.0 Å². The van der Waals surface area contributed by atoms with E-state index in [1.807, 2.05) is 50.2 Å². The molecule has 0 bridgehead atoms. The predicted molar refractivity (Wildman–Crippen MR) is 108 cm³/mol. The number of aliphatic imine (C=N–C) groups is 1. The average Bonchev–Trinajstić information content (AvgIpc) is 3.14. The lowest BCUT2D eigenvalue weighted by atomic mass is 10.2. The number of aromatic nitrogens is 3. The molecule has 0 fully saturated rings. The molecule has 4 rings (SSSR count). The molecule has 1 N–H and O–H groups in total. The van der Waals surface area contributed by atoms with Crippen LogP contribution in [0.5, 0.6) is 0 Å². The monoisotopic (exact) mass is 382 g/mol. The Bertz CT molecular complexity index is 1180. The van der Waals surface area contributed by atoms with Gasteiger partial charge < -0.3 is 0 Å². The molecule has 0 amide bonds. The summed E-state index contributed by atoms with van der Waals surface area (Å²) >= 11 is 7.44. The number of nitrogens with zero attached hydrogens (tertiary/aromatic N) is 3. The maximum Gasteiger partial charge on any atom is 0.280 e. The van der Waals surface area contributed by atoms with Gasteiger partial charge in [-0.25, -0.2) is 14.7 Å². The van der Waals surface area contributed by atoms with Crippen LogP contribution in [0.1, 0.15) is 16.8 Å². The highest BCUT2D eigenvalue weighted by atomic mass is 35.5. The van der Waals surface area contributed by atoms with Crippen LogP contribution in [0.15, 0.2) is 52.3 Å². The first-order valence-corrected chi connectivity index (χ1v) is 9.19. The minimum atomic E-state index is -0.140. The van der Waals surface area contributed by atoms with Crippen LogP contribution in [0.3, 0.4) is 0 Å². The Labute approximate surface area is 158 Å². The minimum absolute atomic E-state index is 0.140. The molecular formula is C19H15ClN4OS. The molecule has 2 heterocycles. The Morgan fingerprint density at radius 3 is 2.73 bits per heavy atom. The highest BCUT2D eigenvalue weighted by Gasteiger charge is 2.11. The second kappa shape index (κ2) is 6.55. The van der Waals surface area contributed by atoms with Crippen molar-refractivity contribution in [3.8, 4) is 5.69 Å². The first-order chi connectivity index (χ1) is 12.5. The van der Waals surface area contributed by atoms with Gasteiger partial charge in [-0.15, -0.1) is 0 Å². The van der Waals surface area contributed by atoms with Gasteiger partial charge in [0, 0.05) is 16.9 Å². The number of halogens is 1. The smallest absolute Gasteiger partial charge is 0.280 e. The summed E-state index contributed by atoms with van der Waals surface area (Å²) in [6.07, 6.45) is 1.57. The van der Waals surface area contributed by atoms with Gasteiger partial charge in [-0.05, 0) is 44.2 Å². The number of hydrogen-bond donors (Lipinski definition) is 1. The molecule has 4 aromatic rings. The number of H-pyrrole nitrogens is 1. The predicted octanol–water partition coefficient (Wildman–Crippen LogP) is 4.80. The van der Waals surface area contributed by atoms with Gasteiger partial charge in [0.2, 0.25) is 5.13 Å². The maximum atomic E-state index is 12.7. The van der Waals surface area contributed by atoms with Crippen molar-refractivity contribution in [2.45, 2.75) is 13.8 Å². The molecule has 2 aromatic carbocycles. The summed E-state index contributed by atoms with van der Waals surface area (Å²) in [6, 6.07) is 13.3. The summed E-state index contributed by atoms with van der Waals surface area (Å²) < 4.78 is 2.49. The van der Waals surface area contributed by atoms with Gasteiger partial charge in [-0.3, -0.25) is 9.89 Å². The van der Waals surface area contributed by atoms with Crippen molar-refractivity contribution in [2.75, 3.05) is 0 Å². The van der Waals surface area contributed by atoms with Gasteiger partial charge in [-0.2, -0.15) is 0 Å². The van der Waals surface area contributed by atoms with Gasteiger partial charge >= 0.3 is 0 Å². The van der Waals surface area contributed by atoms with Crippen LogP contribution in [-0.2, 0) is 0 Å². The Hall–Kier alpha value is -2.70. The maximum absolute atomic E-state index is 12.7. The van der Waals surface area contributed by atoms with Crippen molar-refractivity contribution in [3.63, 3.8) is 0 Å². The normalized spacial score (nSPS) is 11.7. The molecule has 130 valence electrons. The van der Waals surface area contributed by atoms with Crippen molar-refractivity contribution in [2.24, 2.45) is 4.99 Å². The fourth-order valence-electron chi connectivity index (χ4n) is 2.65. The molecule has 7 heteroatoms. The zero-order valence-corrected chi connectivity index (χ0v) is 15.7. The van der Waals surface area contributed by atoms with Gasteiger partial charge in [-0.1, -0.05) is 40.6 Å². The molecule has 26 heavy (non-hydrogen) atoms. The zero-order chi connectivity index (χ0) is 18.3. The molecule has 0 unspecified atom stereocenters. The van der Waals surface area contributed by atoms with Crippen LogP contribution in [0.2, 0.25) is 5.02 Å². The van der Waals surface area contributed by atoms with E-state index in [9.17, 15) is 4.79 Å². The Morgan fingerprint density at radius 1 is 1.19 bits per heavy atom. The van der Waals surface area contributed by atoms with E-state index in [1.54, 1.807) is 12.3 Å². The van der Waals surface area contributed by atoms with Crippen LogP contribution in [0.25, 0.3) is 15.9 Å². The van der Waals surface area contributed by atoms with E-state index < -0.39 is 0 Å². The molecule has 0 atom stereocenters. The standard InChI is InChI=1S/C19H15ClN4OS/c1-11-3-6-14(7-4-11)24-18(25)15(12(2)23-24)10-21-19-22-16-8-5-13(20)9-17(16)26-19/h3-10,23H,1-2H3. The van der Waals surface area contributed by atoms with Crippen molar-refractivity contribution >= 4 is 44.5 Å². The molecule has 0 saturated carbocycles. The number of aromatic amines is 1. The first kappa shape index (κ1) is 16.8. The van der Waals surface area contributed by atoms with Crippen molar-refractivity contribution in [3.05, 3.63) is 74.7 Å². The van der Waals surface area contributed by atoms with Crippen LogP contribution < -0.4 is 5.56 Å². The summed E-state index contributed by atoms with van der Waals surface area (Å²) in [5, 5.41) is 4.35. The van der Waals surface area contributed by atoms with E-state index >= 15 is 0 Å². The number of rotatable bonds is 3. The van der Waals surface area contributed by atoms with Crippen molar-refractivity contribution < 1.29 is 0 Å². The third-order valence-corrected chi connectivity index (χ3v) is 5.21. The van der Waals surface area contributed by atoms with E-state index in [-0.39, 0.29) is 5.56 Å². The second-order valence-electron chi connectivity index (χ2n) is 5.99. The molecule has 2 aromatic heterocycles. The second-order valence-corrected chi connectivity index (χ2v) is 7.44. The quantitative estimate of drug-likeness (QED) is 0.517. The average molecular weight is 383 g/mol. The lowest BCUT2D eigenvalue weighted by Gasteiger charge is -2.01. The van der Waals surface area contributed by atoms with E-state index in [1.165, 1.54) is 16.0 Å². The summed E-state index contributed by atoms with van der Waals surface area (Å²) in [7, 11) is 0. The van der Waals surface area contributed by atoms with E-state index in [2.05, 4.69) is 15.1 Å². The molecule has 0 saturated heterocycles. The van der Waals surface area contributed by atoms with Crippen LogP contribution in [0, 0.1) is 13.8 Å². The Balaban J connectivity index is 1.70. The van der Waals surface area contributed by atoms with Crippen LogP contribution >= 0.6 is 22.9 Å². The summed E-state index contributed by atoms with van der Waals surface area (Å²) in [6.45, 7) is 3.86. The third-order valence-electron chi connectivity index (χ3n) is 4.05. The molecule has 0 aliphatic carbocycles. The minimum Gasteiger partial charge on any atom is -0.295 e. The number of hydrogen-bond acceptors (Lipinski definition) is 4. The largest absolute Gasteiger partial charge is 0.295 e. The van der Waals surface area contributed by atoms with Gasteiger partial charge in [0.25, 0.3) is 5.56 Å². The molecule has 5 nitrogen and oxygen atoms in total. The van der Waals surface area contributed by atoms with E-state index in [4.69, 9.17) is 11.6 Å². The third kappa shape index (κ3) is 3.09. The first-order valence-electron chi connectivity index (χ1n) is 8.00. The lowest BCUT2D eigenvalue weighted by Crippen LogP contribution is -2.17. The summed E-state index contributed by atoms with van der Waals surface area (Å²) in [4.78, 5) is 21.6. The van der Waals surface area contributed by atoms with Crippen molar-refractivity contribution in [1.29, 1.82) is 0 Å². The molecule has 0 aliphatic rings. The van der Waals surface area contributed by atoms with Gasteiger partial charge in [0.05, 0.1) is 21.5 Å². The fourth-order valence-corrected chi connectivity index (χ4v) is 3.74. The fraction of sp³-hybridized carbons (Fsp3) is 0.105. The van der Waals surface area contributed by atoms with Gasteiger partial charge in [0.1, 0.15) is 0 Å². The molecule has 0 spiro atoms. The van der Waals surface area contributed by atoms with Crippen molar-refractivity contribution in [1.82, 2.24) is 14.8 Å². The topological polar surface area (TPSA) is 63.0 Å². The molecule has 0 radical (unpaired) electrons. The number of thiazole rings is 1. The SMILES string of the molecule is Cc1ccc(-n2[nH]c(C)c(C=Nc3nc4ccc(Cl)cc4s3)c2=O)cc1. The molecular weight excluding hydrogens is 368 g/mol. The van der Waals surface area contributed by atoms with Crippen LogP contribution in [0.4, 0.5) is 5.13 Å². The highest BCUT2D eigenvalue weighted by molar-refractivity contribution is 7.22. The number of aryl methyl sites for hydroxylation is 2. The van der Waals surface area contributed by atoms with E-state index in [0.717, 1.165) is 27.2 Å².